The summed E-state index contributed by atoms with van der Waals surface area (Å²) in [6.45, 7) is 4.61. The van der Waals surface area contributed by atoms with Crippen LogP contribution in [0.2, 0.25) is 0 Å². The highest BCUT2D eigenvalue weighted by Gasteiger charge is 2.39. The lowest BCUT2D eigenvalue weighted by atomic mass is 9.76. The fraction of sp³-hybridized carbons (Fsp3) is 0.722. The lowest BCUT2D eigenvalue weighted by Crippen LogP contribution is -2.46. The van der Waals surface area contributed by atoms with Crippen molar-refractivity contribution in [2.24, 2.45) is 11.1 Å². The van der Waals surface area contributed by atoms with Crippen LogP contribution in [0.4, 0.5) is 0 Å². The first-order chi connectivity index (χ1) is 10.2. The van der Waals surface area contributed by atoms with Crippen molar-refractivity contribution in [3.05, 3.63) is 30.1 Å². The van der Waals surface area contributed by atoms with E-state index in [-0.39, 0.29) is 6.04 Å². The highest BCUT2D eigenvalue weighted by molar-refractivity contribution is 5.18. The maximum absolute atomic E-state index is 6.46. The van der Waals surface area contributed by atoms with E-state index in [2.05, 4.69) is 28.9 Å². The molecular weight excluding hydrogens is 258 g/mol. The number of pyridine rings is 1. The number of hydrogen-bond acceptors (Lipinski definition) is 3. The van der Waals surface area contributed by atoms with Gasteiger partial charge in [-0.1, -0.05) is 19.8 Å². The second-order valence-electron chi connectivity index (χ2n) is 7.04. The van der Waals surface area contributed by atoms with Gasteiger partial charge in [0.05, 0.1) is 0 Å². The van der Waals surface area contributed by atoms with Crippen molar-refractivity contribution >= 4 is 0 Å². The molecule has 0 amide bonds. The molecule has 2 fully saturated rings. The zero-order chi connectivity index (χ0) is 14.7. The van der Waals surface area contributed by atoms with Gasteiger partial charge in [0.1, 0.15) is 0 Å². The zero-order valence-corrected chi connectivity index (χ0v) is 13.3. The van der Waals surface area contributed by atoms with Gasteiger partial charge in [-0.15, -0.1) is 0 Å². The Morgan fingerprint density at radius 2 is 1.76 bits per heavy atom. The molecule has 2 heterocycles. The maximum atomic E-state index is 6.46. The van der Waals surface area contributed by atoms with E-state index < -0.39 is 0 Å². The fourth-order valence-electron chi connectivity index (χ4n) is 4.41. The van der Waals surface area contributed by atoms with Crippen LogP contribution in [-0.2, 0) is 0 Å². The lowest BCUT2D eigenvalue weighted by Gasteiger charge is -2.44. The van der Waals surface area contributed by atoms with Crippen LogP contribution in [0.3, 0.4) is 0 Å². The van der Waals surface area contributed by atoms with E-state index in [0.717, 1.165) is 6.42 Å². The summed E-state index contributed by atoms with van der Waals surface area (Å²) in [5, 5.41) is 0. The Morgan fingerprint density at radius 1 is 1.14 bits per heavy atom. The minimum absolute atomic E-state index is 0.213. The molecule has 1 aliphatic carbocycles. The molecule has 1 saturated heterocycles. The van der Waals surface area contributed by atoms with Gasteiger partial charge in [-0.3, -0.25) is 9.88 Å². The van der Waals surface area contributed by atoms with Crippen LogP contribution in [0.15, 0.2) is 24.5 Å². The minimum atomic E-state index is 0.213. The molecule has 1 aromatic rings. The quantitative estimate of drug-likeness (QED) is 0.921. The predicted octanol–water partition coefficient (Wildman–Crippen LogP) is 3.52. The third-order valence-electron chi connectivity index (χ3n) is 5.84. The zero-order valence-electron chi connectivity index (χ0n) is 13.3. The molecule has 1 saturated carbocycles. The first-order valence-corrected chi connectivity index (χ1v) is 8.64. The lowest BCUT2D eigenvalue weighted by molar-refractivity contribution is 0.0650. The maximum Gasteiger partial charge on any atom is 0.0500 e. The average molecular weight is 287 g/mol. The van der Waals surface area contributed by atoms with E-state index in [1.165, 1.54) is 57.2 Å². The molecular formula is C18H29N3. The van der Waals surface area contributed by atoms with E-state index in [1.807, 2.05) is 12.4 Å². The number of nitrogens with zero attached hydrogens (tertiary/aromatic N) is 2. The van der Waals surface area contributed by atoms with Gasteiger partial charge in [-0.25, -0.2) is 0 Å². The molecule has 2 atom stereocenters. The van der Waals surface area contributed by atoms with Crippen molar-refractivity contribution in [3.63, 3.8) is 0 Å². The largest absolute Gasteiger partial charge is 0.326 e. The summed E-state index contributed by atoms with van der Waals surface area (Å²) in [5.74, 6) is 0. The number of aromatic nitrogens is 1. The highest BCUT2D eigenvalue weighted by atomic mass is 15.2. The number of piperidine rings is 1. The van der Waals surface area contributed by atoms with Crippen molar-refractivity contribution in [2.45, 2.75) is 64.0 Å². The van der Waals surface area contributed by atoms with E-state index in [0.29, 0.717) is 11.5 Å². The molecule has 21 heavy (non-hydrogen) atoms. The summed E-state index contributed by atoms with van der Waals surface area (Å²) >= 11 is 0. The van der Waals surface area contributed by atoms with Gasteiger partial charge >= 0.3 is 0 Å². The summed E-state index contributed by atoms with van der Waals surface area (Å²) in [6.07, 6.45) is 13.4. The van der Waals surface area contributed by atoms with E-state index in [9.17, 15) is 0 Å². The Morgan fingerprint density at radius 3 is 2.33 bits per heavy atom. The predicted molar refractivity (Wildman–Crippen MR) is 87.0 cm³/mol. The van der Waals surface area contributed by atoms with Gasteiger partial charge in [-0.05, 0) is 68.3 Å². The van der Waals surface area contributed by atoms with Crippen LogP contribution in [0.1, 0.15) is 63.5 Å². The van der Waals surface area contributed by atoms with Crippen LogP contribution in [0, 0.1) is 5.41 Å². The summed E-state index contributed by atoms with van der Waals surface area (Å²) in [6, 6.07) is 4.85. The molecule has 1 spiro atoms. The molecule has 1 aliphatic heterocycles. The molecule has 2 N–H and O–H groups in total. The molecule has 116 valence electrons. The van der Waals surface area contributed by atoms with Crippen LogP contribution in [0.5, 0.6) is 0 Å². The van der Waals surface area contributed by atoms with E-state index in [4.69, 9.17) is 5.73 Å². The topological polar surface area (TPSA) is 42.1 Å². The Hall–Kier alpha value is -0.930. The average Bonchev–Trinajstić information content (AvgIpc) is 2.99. The van der Waals surface area contributed by atoms with Gasteiger partial charge in [0.2, 0.25) is 0 Å². The van der Waals surface area contributed by atoms with Crippen molar-refractivity contribution in [1.82, 2.24) is 9.88 Å². The minimum Gasteiger partial charge on any atom is -0.326 e. The SMILES string of the molecule is CCC(N)C(c1ccncc1)N1CCC2(CCCC2)CC1. The first-order valence-electron chi connectivity index (χ1n) is 8.64. The van der Waals surface area contributed by atoms with Gasteiger partial charge in [-0.2, -0.15) is 0 Å². The molecule has 1 aromatic heterocycles. The summed E-state index contributed by atoms with van der Waals surface area (Å²) in [5.41, 5.74) is 8.47. The van der Waals surface area contributed by atoms with Crippen LogP contribution in [-0.4, -0.2) is 29.0 Å². The molecule has 3 heteroatoms. The van der Waals surface area contributed by atoms with Crippen molar-refractivity contribution in [1.29, 1.82) is 0 Å². The standard InChI is InChI=1S/C18H29N3/c1-2-16(19)17(15-5-11-20-12-6-15)21-13-9-18(10-14-21)7-3-4-8-18/h5-6,11-12,16-17H,2-4,7-10,13-14,19H2,1H3. The molecule has 0 bridgehead atoms. The highest BCUT2D eigenvalue weighted by Crippen LogP contribution is 2.47. The van der Waals surface area contributed by atoms with Crippen molar-refractivity contribution < 1.29 is 0 Å². The number of hydrogen-bond donors (Lipinski definition) is 1. The number of nitrogens with two attached hydrogens (primary N) is 1. The molecule has 2 unspecified atom stereocenters. The summed E-state index contributed by atoms with van der Waals surface area (Å²) in [7, 11) is 0. The van der Waals surface area contributed by atoms with Gasteiger partial charge in [0, 0.05) is 24.5 Å². The first kappa shape index (κ1) is 15.0. The Kier molecular flexibility index (Phi) is 4.60. The van der Waals surface area contributed by atoms with Gasteiger partial charge in [0.15, 0.2) is 0 Å². The molecule has 3 nitrogen and oxygen atoms in total. The Labute approximate surface area is 128 Å². The monoisotopic (exact) mass is 287 g/mol. The second kappa shape index (κ2) is 6.45. The molecule has 0 aromatic carbocycles. The fourth-order valence-corrected chi connectivity index (χ4v) is 4.41. The Bertz CT molecular complexity index is 429. The molecule has 2 aliphatic rings. The number of likely N-dealkylation sites (tertiary alicyclic amines) is 1. The van der Waals surface area contributed by atoms with Gasteiger partial charge < -0.3 is 5.73 Å². The van der Waals surface area contributed by atoms with Crippen LogP contribution in [0.25, 0.3) is 0 Å². The van der Waals surface area contributed by atoms with E-state index in [1.54, 1.807) is 0 Å². The smallest absolute Gasteiger partial charge is 0.0500 e. The second-order valence-corrected chi connectivity index (χ2v) is 7.04. The Balaban J connectivity index is 1.73. The molecule has 0 radical (unpaired) electrons. The van der Waals surface area contributed by atoms with E-state index >= 15 is 0 Å². The normalized spacial score (nSPS) is 25.0. The van der Waals surface area contributed by atoms with Crippen molar-refractivity contribution in [3.8, 4) is 0 Å². The van der Waals surface area contributed by atoms with Gasteiger partial charge in [0.25, 0.3) is 0 Å². The van der Waals surface area contributed by atoms with Crippen LogP contribution < -0.4 is 5.73 Å². The van der Waals surface area contributed by atoms with Crippen LogP contribution >= 0.6 is 0 Å². The summed E-state index contributed by atoms with van der Waals surface area (Å²) in [4.78, 5) is 6.79. The number of rotatable bonds is 4. The van der Waals surface area contributed by atoms with Crippen molar-refractivity contribution in [2.75, 3.05) is 13.1 Å². The summed E-state index contributed by atoms with van der Waals surface area (Å²) < 4.78 is 0. The third-order valence-corrected chi connectivity index (χ3v) is 5.84. The molecule has 3 rings (SSSR count). The third kappa shape index (κ3) is 3.14.